The van der Waals surface area contributed by atoms with Gasteiger partial charge in [-0.1, -0.05) is 36.4 Å². The summed E-state index contributed by atoms with van der Waals surface area (Å²) < 4.78 is 5.68. The van der Waals surface area contributed by atoms with E-state index >= 15 is 0 Å². The number of carbonyl (C=O) groups is 1. The molecule has 25 heavy (non-hydrogen) atoms. The molecule has 128 valence electrons. The number of nitro groups is 1. The number of hydrogen-bond acceptors (Lipinski definition) is 5. The highest BCUT2D eigenvalue weighted by atomic mass is 79.9. The first-order valence-electron chi connectivity index (χ1n) is 7.16. The van der Waals surface area contributed by atoms with Gasteiger partial charge >= 0.3 is 0 Å². The molecule has 7 nitrogen and oxygen atoms in total. The van der Waals surface area contributed by atoms with Crippen LogP contribution < -0.4 is 10.2 Å². The third-order valence-electron chi connectivity index (χ3n) is 2.92. The minimum absolute atomic E-state index is 0.0709. The van der Waals surface area contributed by atoms with Gasteiger partial charge in [0.1, 0.15) is 5.75 Å². The molecule has 2 rings (SSSR count). The van der Waals surface area contributed by atoms with Crippen molar-refractivity contribution in [2.75, 3.05) is 6.61 Å². The topological polar surface area (TPSA) is 93.8 Å². The lowest BCUT2D eigenvalue weighted by Crippen LogP contribution is -2.24. The Labute approximate surface area is 152 Å². The van der Waals surface area contributed by atoms with E-state index < -0.39 is 10.8 Å². The smallest absolute Gasteiger partial charge is 0.277 e. The molecule has 1 amide bonds. The molecule has 2 aromatic rings. The number of halogens is 1. The molecule has 0 aliphatic carbocycles. The summed E-state index contributed by atoms with van der Waals surface area (Å²) in [4.78, 5) is 21.8. The molecule has 0 radical (unpaired) electrons. The fourth-order valence-corrected chi connectivity index (χ4v) is 2.25. The van der Waals surface area contributed by atoms with Crippen LogP contribution in [-0.4, -0.2) is 23.7 Å². The molecule has 0 atom stereocenters. The largest absolute Gasteiger partial charge is 0.483 e. The highest BCUT2D eigenvalue weighted by Crippen LogP contribution is 2.28. The van der Waals surface area contributed by atoms with E-state index in [2.05, 4.69) is 26.5 Å². The van der Waals surface area contributed by atoms with Gasteiger partial charge in [-0.15, -0.1) is 0 Å². The lowest BCUT2D eigenvalue weighted by molar-refractivity contribution is -0.384. The van der Waals surface area contributed by atoms with E-state index in [9.17, 15) is 14.9 Å². The van der Waals surface area contributed by atoms with Gasteiger partial charge in [0.25, 0.3) is 11.6 Å². The lowest BCUT2D eigenvalue weighted by Gasteiger charge is -2.06. The Morgan fingerprint density at radius 1 is 1.28 bits per heavy atom. The summed E-state index contributed by atoms with van der Waals surface area (Å²) in [5, 5.41) is 14.4. The monoisotopic (exact) mass is 403 g/mol. The summed E-state index contributed by atoms with van der Waals surface area (Å²) >= 11 is 3.16. The molecule has 2 aromatic carbocycles. The van der Waals surface area contributed by atoms with Gasteiger partial charge in [-0.05, 0) is 33.6 Å². The number of carbonyl (C=O) groups excluding carboxylic acids is 1. The van der Waals surface area contributed by atoms with Crippen molar-refractivity contribution < 1.29 is 14.5 Å². The number of nitrogens with zero attached hydrogens (tertiary/aromatic N) is 2. The SMILES string of the molecule is O=C(COc1ccc([N+](=O)[O-])cc1Br)N/N=C/C=C/c1ccccc1. The number of allylic oxidation sites excluding steroid dienone is 1. The number of nitro benzene ring substituents is 1. The Balaban J connectivity index is 1.78. The first kappa shape index (κ1) is 18.3. The summed E-state index contributed by atoms with van der Waals surface area (Å²) in [6.45, 7) is -0.268. The third-order valence-corrected chi connectivity index (χ3v) is 3.54. The molecule has 0 saturated carbocycles. The van der Waals surface area contributed by atoms with E-state index in [0.29, 0.717) is 10.2 Å². The van der Waals surface area contributed by atoms with Crippen molar-refractivity contribution in [2.24, 2.45) is 5.10 Å². The Kier molecular flexibility index (Phi) is 6.85. The van der Waals surface area contributed by atoms with Crippen LogP contribution >= 0.6 is 15.9 Å². The molecule has 1 N–H and O–H groups in total. The average Bonchev–Trinajstić information content (AvgIpc) is 2.61. The number of ether oxygens (including phenoxy) is 1. The van der Waals surface area contributed by atoms with Crippen molar-refractivity contribution in [2.45, 2.75) is 0 Å². The fourth-order valence-electron chi connectivity index (χ4n) is 1.77. The second kappa shape index (κ2) is 9.33. The zero-order valence-electron chi connectivity index (χ0n) is 13.0. The molecular weight excluding hydrogens is 390 g/mol. The van der Waals surface area contributed by atoms with Crippen molar-refractivity contribution in [3.63, 3.8) is 0 Å². The van der Waals surface area contributed by atoms with Crippen LogP contribution in [0.4, 0.5) is 5.69 Å². The minimum atomic E-state index is -0.515. The van der Waals surface area contributed by atoms with E-state index in [1.807, 2.05) is 36.4 Å². The van der Waals surface area contributed by atoms with Crippen LogP contribution in [0.2, 0.25) is 0 Å². The maximum atomic E-state index is 11.6. The number of nitrogens with one attached hydrogen (secondary N) is 1. The first-order valence-corrected chi connectivity index (χ1v) is 7.96. The van der Waals surface area contributed by atoms with Gasteiger partial charge in [0.15, 0.2) is 6.61 Å². The van der Waals surface area contributed by atoms with Crippen molar-refractivity contribution in [3.05, 3.63) is 74.8 Å². The summed E-state index contributed by atoms with van der Waals surface area (Å²) in [6, 6.07) is 13.7. The predicted octanol–water partition coefficient (Wildman–Crippen LogP) is 3.55. The van der Waals surface area contributed by atoms with Gasteiger partial charge in [0.2, 0.25) is 0 Å². The molecule has 0 spiro atoms. The van der Waals surface area contributed by atoms with Crippen LogP contribution in [0.5, 0.6) is 5.75 Å². The summed E-state index contributed by atoms with van der Waals surface area (Å²) in [6.07, 6.45) is 5.00. The number of amides is 1. The third kappa shape index (κ3) is 6.19. The zero-order valence-corrected chi connectivity index (χ0v) is 14.5. The van der Waals surface area contributed by atoms with E-state index in [1.165, 1.54) is 24.4 Å². The molecule has 0 bridgehead atoms. The van der Waals surface area contributed by atoms with Crippen LogP contribution in [0.15, 0.2) is 64.2 Å². The standard InChI is InChI=1S/C17H14BrN3O4/c18-15-11-14(21(23)24)8-9-16(15)25-12-17(22)20-19-10-4-7-13-5-2-1-3-6-13/h1-11H,12H2,(H,20,22)/b7-4+,19-10+. The fraction of sp³-hybridized carbons (Fsp3) is 0.0588. The lowest BCUT2D eigenvalue weighted by atomic mass is 10.2. The first-order chi connectivity index (χ1) is 12.1. The molecular formula is C17H14BrN3O4. The van der Waals surface area contributed by atoms with Gasteiger partial charge in [0.05, 0.1) is 9.40 Å². The van der Waals surface area contributed by atoms with Crippen LogP contribution in [0, 0.1) is 10.1 Å². The Hall–Kier alpha value is -3.00. The number of hydrogen-bond donors (Lipinski definition) is 1. The van der Waals surface area contributed by atoms with Gasteiger partial charge in [-0.3, -0.25) is 14.9 Å². The summed E-state index contributed by atoms with van der Waals surface area (Å²) in [5.41, 5.74) is 3.27. The van der Waals surface area contributed by atoms with Gasteiger partial charge < -0.3 is 4.74 Å². The van der Waals surface area contributed by atoms with Crippen molar-refractivity contribution in [1.29, 1.82) is 0 Å². The Morgan fingerprint density at radius 2 is 2.04 bits per heavy atom. The van der Waals surface area contributed by atoms with E-state index in [1.54, 1.807) is 6.08 Å². The zero-order chi connectivity index (χ0) is 18.1. The highest BCUT2D eigenvalue weighted by Gasteiger charge is 2.11. The van der Waals surface area contributed by atoms with Crippen LogP contribution in [-0.2, 0) is 4.79 Å². The summed E-state index contributed by atoms with van der Waals surface area (Å²) in [5.74, 6) is -0.122. The van der Waals surface area contributed by atoms with E-state index in [4.69, 9.17) is 4.74 Å². The van der Waals surface area contributed by atoms with Gasteiger partial charge in [-0.25, -0.2) is 5.43 Å². The van der Waals surface area contributed by atoms with Crippen molar-refractivity contribution >= 4 is 39.8 Å². The van der Waals surface area contributed by atoms with Gasteiger partial charge in [0, 0.05) is 18.3 Å². The molecule has 0 fully saturated rings. The molecule has 8 heteroatoms. The highest BCUT2D eigenvalue weighted by molar-refractivity contribution is 9.10. The number of non-ortho nitro benzene ring substituents is 1. The number of hydrazone groups is 1. The quantitative estimate of drug-likeness (QED) is 0.434. The molecule has 0 aromatic heterocycles. The number of rotatable bonds is 7. The van der Waals surface area contributed by atoms with Crippen molar-refractivity contribution in [3.8, 4) is 5.75 Å². The molecule has 0 aliphatic rings. The van der Waals surface area contributed by atoms with Crippen LogP contribution in [0.3, 0.4) is 0 Å². The minimum Gasteiger partial charge on any atom is -0.483 e. The maximum Gasteiger partial charge on any atom is 0.277 e. The second-order valence-electron chi connectivity index (χ2n) is 4.74. The Morgan fingerprint density at radius 3 is 2.72 bits per heavy atom. The van der Waals surface area contributed by atoms with Crippen molar-refractivity contribution in [1.82, 2.24) is 5.43 Å². The summed E-state index contributed by atoms with van der Waals surface area (Å²) in [7, 11) is 0. The van der Waals surface area contributed by atoms with E-state index in [0.717, 1.165) is 5.56 Å². The Bertz CT molecular complexity index is 807. The molecule has 0 saturated heterocycles. The second-order valence-corrected chi connectivity index (χ2v) is 5.60. The average molecular weight is 404 g/mol. The predicted molar refractivity (Wildman–Crippen MR) is 98.4 cm³/mol. The molecule has 0 heterocycles. The van der Waals surface area contributed by atoms with Gasteiger partial charge in [-0.2, -0.15) is 5.10 Å². The van der Waals surface area contributed by atoms with Crippen LogP contribution in [0.1, 0.15) is 5.56 Å². The molecule has 0 aliphatic heterocycles. The molecule has 0 unspecified atom stereocenters. The number of benzene rings is 2. The normalized spacial score (nSPS) is 10.9. The van der Waals surface area contributed by atoms with E-state index in [-0.39, 0.29) is 12.3 Å². The maximum absolute atomic E-state index is 11.6. The van der Waals surface area contributed by atoms with Crippen LogP contribution in [0.25, 0.3) is 6.08 Å².